The fraction of sp³-hybridized carbons (Fsp3) is 0.100. The van der Waals surface area contributed by atoms with Crippen LogP contribution >= 0.6 is 11.6 Å². The normalized spacial score (nSPS) is 10.5. The van der Waals surface area contributed by atoms with Crippen LogP contribution in [-0.2, 0) is 0 Å². The SMILES string of the molecule is CCOc1c[c]c(-c2ccc(-c3ccc(Cl)cc3)cc2)cc1. The fourth-order valence-corrected chi connectivity index (χ4v) is 2.46. The van der Waals surface area contributed by atoms with Crippen LogP contribution in [0, 0.1) is 6.07 Å². The smallest absolute Gasteiger partial charge is 0.119 e. The Bertz CT molecular complexity index is 728. The summed E-state index contributed by atoms with van der Waals surface area (Å²) < 4.78 is 5.44. The molecule has 0 aliphatic heterocycles. The lowest BCUT2D eigenvalue weighted by molar-refractivity contribution is 0.340. The van der Waals surface area contributed by atoms with Gasteiger partial charge in [0.1, 0.15) is 5.75 Å². The molecule has 0 fully saturated rings. The number of hydrogen-bond donors (Lipinski definition) is 0. The number of halogens is 1. The van der Waals surface area contributed by atoms with Crippen LogP contribution in [0.25, 0.3) is 22.3 Å². The number of rotatable bonds is 4. The Morgan fingerprint density at radius 3 is 1.95 bits per heavy atom. The molecule has 0 N–H and O–H groups in total. The molecule has 1 nitrogen and oxygen atoms in total. The van der Waals surface area contributed by atoms with Gasteiger partial charge in [0.15, 0.2) is 0 Å². The van der Waals surface area contributed by atoms with Crippen LogP contribution < -0.4 is 4.74 Å². The maximum absolute atomic E-state index is 5.93. The summed E-state index contributed by atoms with van der Waals surface area (Å²) in [7, 11) is 0. The van der Waals surface area contributed by atoms with E-state index in [-0.39, 0.29) is 0 Å². The lowest BCUT2D eigenvalue weighted by Gasteiger charge is -2.06. The Labute approximate surface area is 136 Å². The van der Waals surface area contributed by atoms with E-state index < -0.39 is 0 Å². The number of ether oxygens (including phenoxy) is 1. The zero-order chi connectivity index (χ0) is 15.4. The van der Waals surface area contributed by atoms with E-state index >= 15 is 0 Å². The molecule has 0 saturated heterocycles. The highest BCUT2D eigenvalue weighted by atomic mass is 35.5. The minimum Gasteiger partial charge on any atom is -0.494 e. The molecule has 0 unspecified atom stereocenters. The summed E-state index contributed by atoms with van der Waals surface area (Å²) in [5.74, 6) is 0.851. The van der Waals surface area contributed by atoms with Crippen molar-refractivity contribution in [2.45, 2.75) is 6.92 Å². The minimum absolute atomic E-state index is 0.670. The van der Waals surface area contributed by atoms with Gasteiger partial charge in [-0.2, -0.15) is 0 Å². The van der Waals surface area contributed by atoms with E-state index in [2.05, 4.69) is 30.3 Å². The van der Waals surface area contributed by atoms with Crippen molar-refractivity contribution in [1.29, 1.82) is 0 Å². The largest absolute Gasteiger partial charge is 0.494 e. The lowest BCUT2D eigenvalue weighted by atomic mass is 10.0. The molecule has 1 radical (unpaired) electrons. The van der Waals surface area contributed by atoms with Crippen molar-refractivity contribution in [2.24, 2.45) is 0 Å². The van der Waals surface area contributed by atoms with Gasteiger partial charge in [-0.1, -0.05) is 54.1 Å². The molecule has 3 aromatic carbocycles. The average molecular weight is 308 g/mol. The summed E-state index contributed by atoms with van der Waals surface area (Å²) in [5, 5.41) is 0.754. The molecular weight excluding hydrogens is 292 g/mol. The molecule has 22 heavy (non-hydrogen) atoms. The van der Waals surface area contributed by atoms with E-state index in [1.165, 1.54) is 5.56 Å². The molecular formula is C20H16ClO. The van der Waals surface area contributed by atoms with Crippen LogP contribution in [-0.4, -0.2) is 6.61 Å². The predicted molar refractivity (Wildman–Crippen MR) is 92.3 cm³/mol. The second-order valence-electron chi connectivity index (χ2n) is 4.96. The molecule has 0 atom stereocenters. The average Bonchev–Trinajstić information content (AvgIpc) is 2.57. The molecule has 0 heterocycles. The van der Waals surface area contributed by atoms with Crippen LogP contribution in [0.3, 0.4) is 0 Å². The van der Waals surface area contributed by atoms with Gasteiger partial charge >= 0.3 is 0 Å². The molecule has 0 aliphatic carbocycles. The van der Waals surface area contributed by atoms with Crippen LogP contribution in [0.1, 0.15) is 6.92 Å². The summed E-state index contributed by atoms with van der Waals surface area (Å²) >= 11 is 5.93. The summed E-state index contributed by atoms with van der Waals surface area (Å²) in [6.45, 7) is 2.65. The van der Waals surface area contributed by atoms with Gasteiger partial charge in [-0.15, -0.1) is 0 Å². The first-order valence-electron chi connectivity index (χ1n) is 7.27. The molecule has 0 aromatic heterocycles. The van der Waals surface area contributed by atoms with E-state index in [0.717, 1.165) is 27.5 Å². The zero-order valence-corrected chi connectivity index (χ0v) is 13.1. The van der Waals surface area contributed by atoms with Gasteiger partial charge in [0.25, 0.3) is 0 Å². The van der Waals surface area contributed by atoms with Crippen molar-refractivity contribution >= 4 is 11.6 Å². The molecule has 2 heteroatoms. The standard InChI is InChI=1S/C20H16ClO/c1-2-22-20-13-9-18(10-14-20)16-5-3-15(4-6-16)17-7-11-19(21)12-8-17/h3-9,11-14H,2H2,1H3. The van der Waals surface area contributed by atoms with Gasteiger partial charge in [-0.05, 0) is 59.5 Å². The molecule has 3 aromatic rings. The van der Waals surface area contributed by atoms with Crippen molar-refractivity contribution in [3.63, 3.8) is 0 Å². The Balaban J connectivity index is 1.83. The molecule has 0 bridgehead atoms. The van der Waals surface area contributed by atoms with Crippen molar-refractivity contribution in [3.8, 4) is 28.0 Å². The Kier molecular flexibility index (Phi) is 4.45. The van der Waals surface area contributed by atoms with E-state index in [1.54, 1.807) is 0 Å². The molecule has 0 saturated carbocycles. The maximum atomic E-state index is 5.93. The Hall–Kier alpha value is -2.25. The highest BCUT2D eigenvalue weighted by Gasteiger charge is 2.01. The van der Waals surface area contributed by atoms with Crippen molar-refractivity contribution in [1.82, 2.24) is 0 Å². The third-order valence-corrected chi connectivity index (χ3v) is 3.72. The maximum Gasteiger partial charge on any atom is 0.119 e. The van der Waals surface area contributed by atoms with E-state index in [9.17, 15) is 0 Å². The fourth-order valence-electron chi connectivity index (χ4n) is 2.33. The quantitative estimate of drug-likeness (QED) is 0.585. The van der Waals surface area contributed by atoms with Crippen molar-refractivity contribution in [2.75, 3.05) is 6.61 Å². The first-order valence-corrected chi connectivity index (χ1v) is 7.65. The van der Waals surface area contributed by atoms with Gasteiger partial charge in [0.2, 0.25) is 0 Å². The second kappa shape index (κ2) is 6.67. The van der Waals surface area contributed by atoms with E-state index in [1.807, 2.05) is 49.4 Å². The van der Waals surface area contributed by atoms with E-state index in [0.29, 0.717) is 6.61 Å². The molecule has 0 aliphatic rings. The third-order valence-electron chi connectivity index (χ3n) is 3.47. The van der Waals surface area contributed by atoms with Crippen LogP contribution in [0.5, 0.6) is 5.75 Å². The van der Waals surface area contributed by atoms with Gasteiger partial charge in [-0.25, -0.2) is 0 Å². The van der Waals surface area contributed by atoms with Crippen LogP contribution in [0.2, 0.25) is 5.02 Å². The van der Waals surface area contributed by atoms with Crippen molar-refractivity contribution < 1.29 is 4.74 Å². The highest BCUT2D eigenvalue weighted by Crippen LogP contribution is 2.26. The molecule has 0 spiro atoms. The van der Waals surface area contributed by atoms with Gasteiger partial charge in [0.05, 0.1) is 6.61 Å². The summed E-state index contributed by atoms with van der Waals surface area (Å²) in [6.07, 6.45) is 0. The minimum atomic E-state index is 0.670. The number of hydrogen-bond acceptors (Lipinski definition) is 1. The Morgan fingerprint density at radius 2 is 1.41 bits per heavy atom. The van der Waals surface area contributed by atoms with Gasteiger partial charge in [0, 0.05) is 5.02 Å². The molecule has 109 valence electrons. The monoisotopic (exact) mass is 307 g/mol. The number of benzene rings is 3. The topological polar surface area (TPSA) is 9.23 Å². The van der Waals surface area contributed by atoms with Gasteiger partial charge < -0.3 is 4.74 Å². The van der Waals surface area contributed by atoms with Crippen LogP contribution in [0.4, 0.5) is 0 Å². The Morgan fingerprint density at radius 1 is 0.818 bits per heavy atom. The summed E-state index contributed by atoms with van der Waals surface area (Å²) in [5.41, 5.74) is 4.53. The summed E-state index contributed by atoms with van der Waals surface area (Å²) in [6, 6.07) is 25.5. The van der Waals surface area contributed by atoms with Crippen molar-refractivity contribution in [3.05, 3.63) is 77.8 Å². The highest BCUT2D eigenvalue weighted by molar-refractivity contribution is 6.30. The predicted octanol–water partition coefficient (Wildman–Crippen LogP) is 5.87. The molecule has 0 amide bonds. The van der Waals surface area contributed by atoms with Crippen LogP contribution in [0.15, 0.2) is 66.7 Å². The van der Waals surface area contributed by atoms with Gasteiger partial charge in [-0.3, -0.25) is 0 Å². The first-order chi connectivity index (χ1) is 10.8. The zero-order valence-electron chi connectivity index (χ0n) is 12.3. The third kappa shape index (κ3) is 3.32. The first kappa shape index (κ1) is 14.7. The lowest BCUT2D eigenvalue weighted by Crippen LogP contribution is -1.90. The van der Waals surface area contributed by atoms with E-state index in [4.69, 9.17) is 16.3 Å². The molecule has 3 rings (SSSR count). The second-order valence-corrected chi connectivity index (χ2v) is 5.39. The summed E-state index contributed by atoms with van der Waals surface area (Å²) in [4.78, 5) is 0.